The molecule has 1 aromatic carbocycles. The molecule has 2 aromatic rings. The van der Waals surface area contributed by atoms with E-state index < -0.39 is 11.9 Å². The molecular formula is C11H8BrN3O4. The maximum Gasteiger partial charge on any atom is 0.353 e. The van der Waals surface area contributed by atoms with E-state index in [0.29, 0.717) is 4.47 Å². The number of carboxylic acid groups (broad SMARTS) is 1. The molecule has 7 nitrogen and oxygen atoms in total. The maximum atomic E-state index is 11.8. The minimum Gasteiger partial charge on any atom is -0.507 e. The van der Waals surface area contributed by atoms with Gasteiger partial charge in [0.2, 0.25) is 0 Å². The molecule has 1 aromatic heterocycles. The minimum atomic E-state index is -1.18. The zero-order valence-corrected chi connectivity index (χ0v) is 10.9. The van der Waals surface area contributed by atoms with Crippen LogP contribution in [0.25, 0.3) is 0 Å². The summed E-state index contributed by atoms with van der Waals surface area (Å²) in [5, 5.41) is 26.6. The molecular weight excluding hydrogens is 318 g/mol. The summed E-state index contributed by atoms with van der Waals surface area (Å²) in [6.07, 6.45) is 0. The third-order valence-corrected chi connectivity index (χ3v) is 2.75. The van der Waals surface area contributed by atoms with Crippen LogP contribution in [0.3, 0.4) is 0 Å². The summed E-state index contributed by atoms with van der Waals surface area (Å²) >= 11 is 3.16. The first-order chi connectivity index (χ1) is 8.97. The Bertz CT molecular complexity index is 653. The molecule has 0 unspecified atom stereocenters. The lowest BCUT2D eigenvalue weighted by Gasteiger charge is -2.04. The van der Waals surface area contributed by atoms with Crippen molar-refractivity contribution in [3.8, 4) is 5.75 Å². The average Bonchev–Trinajstić information content (AvgIpc) is 2.77. The van der Waals surface area contributed by atoms with Gasteiger partial charge < -0.3 is 15.5 Å². The number of aromatic hydroxyl groups is 1. The normalized spacial score (nSPS) is 10.2. The molecule has 0 atom stereocenters. The fraction of sp³-hybridized carbons (Fsp3) is 0. The molecule has 0 aliphatic heterocycles. The van der Waals surface area contributed by atoms with E-state index in [4.69, 9.17) is 5.11 Å². The van der Waals surface area contributed by atoms with E-state index in [-0.39, 0.29) is 22.8 Å². The van der Waals surface area contributed by atoms with Gasteiger partial charge in [-0.2, -0.15) is 5.10 Å². The summed E-state index contributed by atoms with van der Waals surface area (Å²) in [6.45, 7) is 0. The zero-order valence-electron chi connectivity index (χ0n) is 9.35. The fourth-order valence-corrected chi connectivity index (χ4v) is 1.72. The summed E-state index contributed by atoms with van der Waals surface area (Å²) in [4.78, 5) is 22.5. The van der Waals surface area contributed by atoms with Gasteiger partial charge in [-0.05, 0) is 18.2 Å². The predicted molar refractivity (Wildman–Crippen MR) is 69.3 cm³/mol. The van der Waals surface area contributed by atoms with Gasteiger partial charge in [-0.15, -0.1) is 0 Å². The zero-order chi connectivity index (χ0) is 14.0. The van der Waals surface area contributed by atoms with Gasteiger partial charge in [0.1, 0.15) is 11.4 Å². The second kappa shape index (κ2) is 5.11. The van der Waals surface area contributed by atoms with Crippen LogP contribution >= 0.6 is 15.9 Å². The van der Waals surface area contributed by atoms with E-state index >= 15 is 0 Å². The summed E-state index contributed by atoms with van der Waals surface area (Å²) in [5.41, 5.74) is -0.0848. The topological polar surface area (TPSA) is 115 Å². The SMILES string of the molecule is O=C(O)c1cc(NC(=O)c2ccc(Br)cc2O)n[nH]1. The molecule has 1 heterocycles. The number of nitrogens with one attached hydrogen (secondary N) is 2. The van der Waals surface area contributed by atoms with Crippen LogP contribution in [0.4, 0.5) is 5.82 Å². The monoisotopic (exact) mass is 325 g/mol. The van der Waals surface area contributed by atoms with E-state index in [1.165, 1.54) is 18.2 Å². The van der Waals surface area contributed by atoms with E-state index in [9.17, 15) is 14.7 Å². The molecule has 0 saturated heterocycles. The smallest absolute Gasteiger partial charge is 0.353 e. The molecule has 0 spiro atoms. The van der Waals surface area contributed by atoms with E-state index in [1.54, 1.807) is 6.07 Å². The number of aromatic carboxylic acids is 1. The van der Waals surface area contributed by atoms with Gasteiger partial charge in [-0.3, -0.25) is 9.89 Å². The van der Waals surface area contributed by atoms with Crippen LogP contribution in [0, 0.1) is 0 Å². The van der Waals surface area contributed by atoms with Crippen molar-refractivity contribution in [2.24, 2.45) is 0 Å². The quantitative estimate of drug-likeness (QED) is 0.687. The third-order valence-electron chi connectivity index (χ3n) is 2.25. The Kier molecular flexibility index (Phi) is 3.52. The molecule has 98 valence electrons. The molecule has 0 fully saturated rings. The highest BCUT2D eigenvalue weighted by Crippen LogP contribution is 2.23. The summed E-state index contributed by atoms with van der Waals surface area (Å²) in [5.74, 6) is -1.90. The molecule has 4 N–H and O–H groups in total. The molecule has 0 saturated carbocycles. The number of phenols is 1. The van der Waals surface area contributed by atoms with Crippen LogP contribution in [0.5, 0.6) is 5.75 Å². The first-order valence-electron chi connectivity index (χ1n) is 5.06. The van der Waals surface area contributed by atoms with Crippen molar-refractivity contribution < 1.29 is 19.8 Å². The van der Waals surface area contributed by atoms with E-state index in [2.05, 4.69) is 31.4 Å². The number of H-pyrrole nitrogens is 1. The number of halogens is 1. The third kappa shape index (κ3) is 2.91. The number of phenolic OH excluding ortho intramolecular Hbond substituents is 1. The first-order valence-corrected chi connectivity index (χ1v) is 5.85. The molecule has 0 radical (unpaired) electrons. The maximum absolute atomic E-state index is 11.8. The lowest BCUT2D eigenvalue weighted by molar-refractivity contribution is 0.0690. The number of carboxylic acids is 1. The molecule has 2 rings (SSSR count). The number of aromatic nitrogens is 2. The van der Waals surface area contributed by atoms with Gasteiger partial charge in [0.25, 0.3) is 5.91 Å². The van der Waals surface area contributed by atoms with Crippen molar-refractivity contribution in [3.05, 3.63) is 40.0 Å². The second-order valence-electron chi connectivity index (χ2n) is 3.59. The summed E-state index contributed by atoms with van der Waals surface area (Å²) in [7, 11) is 0. The molecule has 0 aliphatic rings. The van der Waals surface area contributed by atoms with Crippen LogP contribution in [0.2, 0.25) is 0 Å². The Morgan fingerprint density at radius 1 is 1.32 bits per heavy atom. The highest BCUT2D eigenvalue weighted by molar-refractivity contribution is 9.10. The van der Waals surface area contributed by atoms with Crippen LogP contribution < -0.4 is 5.32 Å². The first kappa shape index (κ1) is 13.1. The number of hydrogen-bond donors (Lipinski definition) is 4. The number of amides is 1. The average molecular weight is 326 g/mol. The van der Waals surface area contributed by atoms with E-state index in [1.807, 2.05) is 0 Å². The predicted octanol–water partition coefficient (Wildman–Crippen LogP) is 1.83. The minimum absolute atomic E-state index is 0.0584. The number of rotatable bonds is 3. The lowest BCUT2D eigenvalue weighted by atomic mass is 10.2. The standard InChI is InChI=1S/C11H8BrN3O4/c12-5-1-2-6(8(16)3-5)10(17)13-9-4-7(11(18)19)14-15-9/h1-4,16H,(H,18,19)(H2,13,14,15,17). The Hall–Kier alpha value is -2.35. The van der Waals surface area contributed by atoms with Gasteiger partial charge in [0.15, 0.2) is 5.82 Å². The van der Waals surface area contributed by atoms with Crippen molar-refractivity contribution in [2.45, 2.75) is 0 Å². The highest BCUT2D eigenvalue weighted by Gasteiger charge is 2.14. The van der Waals surface area contributed by atoms with Crippen molar-refractivity contribution in [2.75, 3.05) is 5.32 Å². The number of nitrogens with zero attached hydrogens (tertiary/aromatic N) is 1. The molecule has 0 bridgehead atoms. The number of carbonyl (C=O) groups excluding carboxylic acids is 1. The van der Waals surface area contributed by atoms with Gasteiger partial charge >= 0.3 is 5.97 Å². The number of benzene rings is 1. The lowest BCUT2D eigenvalue weighted by Crippen LogP contribution is -2.12. The van der Waals surface area contributed by atoms with Gasteiger partial charge in [-0.25, -0.2) is 4.79 Å². The van der Waals surface area contributed by atoms with Crippen LogP contribution in [0.15, 0.2) is 28.7 Å². The molecule has 8 heteroatoms. The molecule has 0 aliphatic carbocycles. The Morgan fingerprint density at radius 2 is 2.05 bits per heavy atom. The Balaban J connectivity index is 2.18. The number of hydrogen-bond acceptors (Lipinski definition) is 4. The van der Waals surface area contributed by atoms with E-state index in [0.717, 1.165) is 0 Å². The number of aromatic amines is 1. The molecule has 19 heavy (non-hydrogen) atoms. The van der Waals surface area contributed by atoms with Crippen molar-refractivity contribution in [3.63, 3.8) is 0 Å². The largest absolute Gasteiger partial charge is 0.507 e. The van der Waals surface area contributed by atoms with Crippen LogP contribution in [-0.2, 0) is 0 Å². The van der Waals surface area contributed by atoms with Crippen LogP contribution in [0.1, 0.15) is 20.8 Å². The van der Waals surface area contributed by atoms with Gasteiger partial charge in [0.05, 0.1) is 5.56 Å². The van der Waals surface area contributed by atoms with Crippen molar-refractivity contribution in [1.29, 1.82) is 0 Å². The Morgan fingerprint density at radius 3 is 2.63 bits per heavy atom. The van der Waals surface area contributed by atoms with Crippen molar-refractivity contribution >= 4 is 33.6 Å². The van der Waals surface area contributed by atoms with Crippen molar-refractivity contribution in [1.82, 2.24) is 10.2 Å². The molecule has 1 amide bonds. The van der Waals surface area contributed by atoms with Gasteiger partial charge in [-0.1, -0.05) is 15.9 Å². The summed E-state index contributed by atoms with van der Waals surface area (Å²) in [6, 6.07) is 5.58. The number of carbonyl (C=O) groups is 2. The Labute approximate surface area is 115 Å². The second-order valence-corrected chi connectivity index (χ2v) is 4.50. The summed E-state index contributed by atoms with van der Waals surface area (Å²) < 4.78 is 0.634. The number of anilines is 1. The highest BCUT2D eigenvalue weighted by atomic mass is 79.9. The van der Waals surface area contributed by atoms with Crippen LogP contribution in [-0.4, -0.2) is 32.3 Å². The van der Waals surface area contributed by atoms with Gasteiger partial charge in [0, 0.05) is 10.5 Å². The fourth-order valence-electron chi connectivity index (χ4n) is 1.38.